The lowest BCUT2D eigenvalue weighted by atomic mass is 10.1. The van der Waals surface area contributed by atoms with Crippen molar-refractivity contribution in [3.05, 3.63) is 107 Å². The highest BCUT2D eigenvalue weighted by Gasteiger charge is 2.23. The Bertz CT molecular complexity index is 1260. The van der Waals surface area contributed by atoms with Crippen molar-refractivity contribution in [3.8, 4) is 17.3 Å². The highest BCUT2D eigenvalue weighted by atomic mass is 19.1. The van der Waals surface area contributed by atoms with E-state index in [1.54, 1.807) is 4.68 Å². The fourth-order valence-electron chi connectivity index (χ4n) is 4.26. The highest BCUT2D eigenvalue weighted by Crippen LogP contribution is 2.33. The van der Waals surface area contributed by atoms with Crippen LogP contribution in [0.25, 0.3) is 5.69 Å². The van der Waals surface area contributed by atoms with Crippen molar-refractivity contribution in [1.29, 1.82) is 0 Å². The number of ether oxygens (including phenoxy) is 1. The van der Waals surface area contributed by atoms with E-state index < -0.39 is 17.7 Å². The van der Waals surface area contributed by atoms with Crippen molar-refractivity contribution in [2.45, 2.75) is 39.3 Å². The fraction of sp³-hybridized carbons (Fsp3) is 0.276. The predicted octanol–water partition coefficient (Wildman–Crippen LogP) is 6.07. The van der Waals surface area contributed by atoms with Gasteiger partial charge in [-0.15, -0.1) is 0 Å². The molecule has 1 N–H and O–H groups in total. The van der Waals surface area contributed by atoms with Crippen molar-refractivity contribution in [1.82, 2.24) is 14.7 Å². The zero-order valence-electron chi connectivity index (χ0n) is 20.6. The molecule has 3 aromatic carbocycles. The Balaban J connectivity index is 1.64. The molecule has 188 valence electrons. The van der Waals surface area contributed by atoms with Crippen LogP contribution in [0, 0.1) is 18.6 Å². The van der Waals surface area contributed by atoms with Gasteiger partial charge in [0.05, 0.1) is 23.0 Å². The normalized spacial score (nSPS) is 12.2. The third-order valence-corrected chi connectivity index (χ3v) is 5.94. The number of halogens is 2. The second-order valence-corrected chi connectivity index (χ2v) is 8.87. The molecule has 0 aliphatic rings. The van der Waals surface area contributed by atoms with Gasteiger partial charge >= 0.3 is 0 Å². The van der Waals surface area contributed by atoms with Crippen molar-refractivity contribution in [2.75, 3.05) is 13.1 Å². The van der Waals surface area contributed by atoms with E-state index in [4.69, 9.17) is 9.84 Å². The average Bonchev–Trinajstić information content (AvgIpc) is 3.17. The maximum atomic E-state index is 14.5. The first kappa shape index (κ1) is 25.5. The summed E-state index contributed by atoms with van der Waals surface area (Å²) < 4.78 is 35.7. The number of nitrogens with zero attached hydrogens (tertiary/aromatic N) is 3. The average molecular weight is 492 g/mol. The summed E-state index contributed by atoms with van der Waals surface area (Å²) in [6.45, 7) is 5.64. The molecular formula is C29H31F2N3O2. The van der Waals surface area contributed by atoms with Crippen LogP contribution in [0.1, 0.15) is 30.2 Å². The van der Waals surface area contributed by atoms with Crippen LogP contribution in [0.4, 0.5) is 8.78 Å². The maximum absolute atomic E-state index is 14.5. The van der Waals surface area contributed by atoms with E-state index in [1.807, 2.05) is 67.6 Å². The van der Waals surface area contributed by atoms with Gasteiger partial charge in [0.15, 0.2) is 11.6 Å². The first-order valence-corrected chi connectivity index (χ1v) is 12.2. The Morgan fingerprint density at radius 1 is 1.00 bits per heavy atom. The van der Waals surface area contributed by atoms with Gasteiger partial charge in [-0.05, 0) is 56.1 Å². The lowest BCUT2D eigenvalue weighted by Crippen LogP contribution is -2.34. The van der Waals surface area contributed by atoms with Crippen molar-refractivity contribution in [2.24, 2.45) is 0 Å². The predicted molar refractivity (Wildman–Crippen MR) is 136 cm³/mol. The van der Waals surface area contributed by atoms with Gasteiger partial charge in [0, 0.05) is 19.2 Å². The quantitative estimate of drug-likeness (QED) is 0.277. The van der Waals surface area contributed by atoms with E-state index in [9.17, 15) is 13.9 Å². The van der Waals surface area contributed by atoms with Crippen molar-refractivity contribution in [3.63, 3.8) is 0 Å². The molecule has 0 aliphatic carbocycles. The summed E-state index contributed by atoms with van der Waals surface area (Å²) in [5, 5.41) is 15.5. The molecule has 7 heteroatoms. The van der Waals surface area contributed by atoms with Crippen molar-refractivity contribution >= 4 is 0 Å². The lowest BCUT2D eigenvalue weighted by molar-refractivity contribution is 0.108. The van der Waals surface area contributed by atoms with Gasteiger partial charge in [0.25, 0.3) is 0 Å². The Kier molecular flexibility index (Phi) is 8.46. The zero-order chi connectivity index (χ0) is 25.5. The number of para-hydroxylation sites is 1. The van der Waals surface area contributed by atoms with Crippen LogP contribution in [-0.2, 0) is 13.0 Å². The number of aliphatic hydroxyl groups excluding tert-OH is 1. The smallest absolute Gasteiger partial charge is 0.227 e. The molecule has 0 fully saturated rings. The molecule has 4 rings (SSSR count). The molecule has 0 radical (unpaired) electrons. The minimum absolute atomic E-state index is 0.0825. The molecule has 1 atom stereocenters. The fourth-order valence-corrected chi connectivity index (χ4v) is 4.26. The SMILES string of the molecule is CCCN(Cc1c(C)nn(-c2ccccc2)c1Oc1ccc(F)cc1F)C[C@@H](O)Cc1ccccc1. The molecule has 4 aromatic rings. The first-order chi connectivity index (χ1) is 17.4. The largest absolute Gasteiger partial charge is 0.435 e. The third kappa shape index (κ3) is 6.36. The Hall–Kier alpha value is -3.55. The molecule has 1 heterocycles. The van der Waals surface area contributed by atoms with Gasteiger partial charge < -0.3 is 9.84 Å². The summed E-state index contributed by atoms with van der Waals surface area (Å²) in [5.41, 5.74) is 3.35. The number of aliphatic hydroxyl groups is 1. The van der Waals surface area contributed by atoms with Crippen LogP contribution in [0.2, 0.25) is 0 Å². The molecule has 36 heavy (non-hydrogen) atoms. The monoisotopic (exact) mass is 491 g/mol. The van der Waals surface area contributed by atoms with E-state index in [0.717, 1.165) is 47.6 Å². The summed E-state index contributed by atoms with van der Waals surface area (Å²) >= 11 is 0. The van der Waals surface area contributed by atoms with E-state index in [0.29, 0.717) is 25.4 Å². The minimum atomic E-state index is -0.789. The Labute approximate surface area is 210 Å². The van der Waals surface area contributed by atoms with E-state index in [-0.39, 0.29) is 5.75 Å². The molecule has 0 bridgehead atoms. The van der Waals surface area contributed by atoms with E-state index in [1.165, 1.54) is 6.07 Å². The molecular weight excluding hydrogens is 460 g/mol. The van der Waals surface area contributed by atoms with Gasteiger partial charge in [-0.2, -0.15) is 5.10 Å². The maximum Gasteiger partial charge on any atom is 0.227 e. The molecule has 0 spiro atoms. The summed E-state index contributed by atoms with van der Waals surface area (Å²) in [4.78, 5) is 2.15. The van der Waals surface area contributed by atoms with Crippen molar-refractivity contribution < 1.29 is 18.6 Å². The van der Waals surface area contributed by atoms with Crippen LogP contribution >= 0.6 is 0 Å². The second-order valence-electron chi connectivity index (χ2n) is 8.87. The Morgan fingerprint density at radius 2 is 1.69 bits per heavy atom. The van der Waals surface area contributed by atoms with Crippen LogP contribution in [-0.4, -0.2) is 39.0 Å². The molecule has 0 saturated heterocycles. The summed E-state index contributed by atoms with van der Waals surface area (Å²) in [6, 6.07) is 22.6. The molecule has 5 nitrogen and oxygen atoms in total. The molecule has 1 aromatic heterocycles. The van der Waals surface area contributed by atoms with Crippen LogP contribution in [0.15, 0.2) is 78.9 Å². The molecule has 0 amide bonds. The first-order valence-electron chi connectivity index (χ1n) is 12.2. The lowest BCUT2D eigenvalue weighted by Gasteiger charge is -2.25. The molecule has 0 aliphatic heterocycles. The highest BCUT2D eigenvalue weighted by molar-refractivity contribution is 5.43. The van der Waals surface area contributed by atoms with Gasteiger partial charge in [-0.3, -0.25) is 4.90 Å². The standard InChI is InChI=1S/C29H31F2N3O2/c1-3-16-33(19-25(35)17-22-10-6-4-7-11-22)20-26-21(2)32-34(24-12-8-5-9-13-24)29(26)36-28-15-14-23(30)18-27(28)31/h4-15,18,25,35H,3,16-17,19-20H2,1-2H3/t25-/m0/s1. The van der Waals surface area contributed by atoms with Crippen LogP contribution < -0.4 is 4.74 Å². The van der Waals surface area contributed by atoms with Gasteiger partial charge in [-0.1, -0.05) is 55.5 Å². The third-order valence-electron chi connectivity index (χ3n) is 5.94. The molecule has 0 unspecified atom stereocenters. The second kappa shape index (κ2) is 11.9. The summed E-state index contributed by atoms with van der Waals surface area (Å²) in [6.07, 6.45) is 0.891. The molecule has 0 saturated carbocycles. The van der Waals surface area contributed by atoms with Crippen LogP contribution in [0.3, 0.4) is 0 Å². The zero-order valence-corrected chi connectivity index (χ0v) is 20.6. The Morgan fingerprint density at radius 3 is 2.36 bits per heavy atom. The number of hydrogen-bond donors (Lipinski definition) is 1. The number of hydrogen-bond acceptors (Lipinski definition) is 4. The van der Waals surface area contributed by atoms with Gasteiger partial charge in [-0.25, -0.2) is 13.5 Å². The number of aromatic nitrogens is 2. The summed E-state index contributed by atoms with van der Waals surface area (Å²) in [5.74, 6) is -1.18. The van der Waals surface area contributed by atoms with Crippen LogP contribution in [0.5, 0.6) is 11.6 Å². The number of rotatable bonds is 11. The number of aryl methyl sites for hydroxylation is 1. The number of benzene rings is 3. The van der Waals surface area contributed by atoms with E-state index in [2.05, 4.69) is 11.8 Å². The minimum Gasteiger partial charge on any atom is -0.435 e. The van der Waals surface area contributed by atoms with E-state index >= 15 is 0 Å². The summed E-state index contributed by atoms with van der Waals surface area (Å²) in [7, 11) is 0. The van der Waals surface area contributed by atoms with Gasteiger partial charge in [0.2, 0.25) is 5.88 Å². The van der Waals surface area contributed by atoms with Gasteiger partial charge in [0.1, 0.15) is 5.82 Å². The topological polar surface area (TPSA) is 50.5 Å².